The number of benzene rings is 1. The maximum Gasteiger partial charge on any atom is 0.249 e. The molecule has 188 valence electrons. The van der Waals surface area contributed by atoms with Crippen LogP contribution in [-0.4, -0.2) is 64.9 Å². The lowest BCUT2D eigenvalue weighted by Gasteiger charge is -2.23. The molecule has 4 heterocycles. The number of nitrogens with one attached hydrogen (secondary N) is 1. The van der Waals surface area contributed by atoms with Crippen LogP contribution < -0.4 is 5.32 Å². The fourth-order valence-corrected chi connectivity index (χ4v) is 5.62. The summed E-state index contributed by atoms with van der Waals surface area (Å²) in [5.41, 5.74) is 2.59. The van der Waals surface area contributed by atoms with Crippen LogP contribution >= 0.6 is 27.7 Å². The first-order chi connectivity index (χ1) is 17.8. The van der Waals surface area contributed by atoms with Gasteiger partial charge in [0.25, 0.3) is 0 Å². The van der Waals surface area contributed by atoms with E-state index < -0.39 is 6.04 Å². The van der Waals surface area contributed by atoms with Crippen molar-refractivity contribution < 1.29 is 14.4 Å². The van der Waals surface area contributed by atoms with E-state index in [9.17, 15) is 14.4 Å². The van der Waals surface area contributed by atoms with Crippen molar-refractivity contribution in [3.63, 3.8) is 0 Å². The molecule has 10 nitrogen and oxygen atoms in total. The zero-order chi connectivity index (χ0) is 26.1. The van der Waals surface area contributed by atoms with Gasteiger partial charge >= 0.3 is 0 Å². The molecule has 1 aromatic carbocycles. The number of thioether (sulfide) groups is 1. The highest BCUT2D eigenvalue weighted by molar-refractivity contribution is 9.10. The minimum atomic E-state index is -0.638. The van der Waals surface area contributed by atoms with E-state index in [0.29, 0.717) is 38.8 Å². The predicted octanol–water partition coefficient (Wildman–Crippen LogP) is 3.70. The second-order valence-corrected chi connectivity index (χ2v) is 10.3. The van der Waals surface area contributed by atoms with Crippen LogP contribution in [-0.2, 0) is 16.1 Å². The number of carbonyl (C=O) groups is 3. The Hall–Kier alpha value is -3.64. The molecule has 1 aliphatic heterocycles. The number of ketones is 1. The van der Waals surface area contributed by atoms with E-state index in [-0.39, 0.29) is 29.8 Å². The van der Waals surface area contributed by atoms with Gasteiger partial charge in [0.2, 0.25) is 11.8 Å². The molecule has 0 spiro atoms. The summed E-state index contributed by atoms with van der Waals surface area (Å²) >= 11 is 4.79. The molecule has 3 aromatic heterocycles. The number of hydrogen-bond acceptors (Lipinski definition) is 8. The second-order valence-electron chi connectivity index (χ2n) is 8.53. The standard InChI is InChI=1S/C25H22BrN7O3S/c1-14(34)24-18-8-16(17-9-27-15(2)28-10-17)6-7-19(18)33(31-24)11-23(35)32-13-37-12-20(32)25(36)30-22-5-3-4-21(26)29-22/h3-10,20H,11-13H2,1-2H3,(H,29,30,36)/t20-/m0/s1. The van der Waals surface area contributed by atoms with Gasteiger partial charge in [-0.25, -0.2) is 15.0 Å². The Morgan fingerprint density at radius 3 is 2.65 bits per heavy atom. The molecule has 1 saturated heterocycles. The smallest absolute Gasteiger partial charge is 0.249 e. The van der Waals surface area contributed by atoms with Crippen molar-refractivity contribution in [1.29, 1.82) is 0 Å². The number of aromatic nitrogens is 5. The first-order valence-corrected chi connectivity index (χ1v) is 13.4. The van der Waals surface area contributed by atoms with Crippen LogP contribution in [0.15, 0.2) is 53.4 Å². The van der Waals surface area contributed by atoms with Crippen LogP contribution in [0, 0.1) is 6.92 Å². The summed E-state index contributed by atoms with van der Waals surface area (Å²) in [4.78, 5) is 52.9. The van der Waals surface area contributed by atoms with Gasteiger partial charge in [0.15, 0.2) is 5.78 Å². The van der Waals surface area contributed by atoms with Gasteiger partial charge in [-0.05, 0) is 52.7 Å². The molecule has 1 aliphatic rings. The normalized spacial score (nSPS) is 15.2. The highest BCUT2D eigenvalue weighted by atomic mass is 79.9. The lowest BCUT2D eigenvalue weighted by molar-refractivity contribution is -0.136. The van der Waals surface area contributed by atoms with Gasteiger partial charge < -0.3 is 10.2 Å². The lowest BCUT2D eigenvalue weighted by Crippen LogP contribution is -2.45. The second kappa shape index (κ2) is 10.4. The summed E-state index contributed by atoms with van der Waals surface area (Å²) in [6.45, 7) is 3.16. The Labute approximate surface area is 225 Å². The molecule has 37 heavy (non-hydrogen) atoms. The molecule has 0 bridgehead atoms. The molecule has 5 rings (SSSR count). The van der Waals surface area contributed by atoms with Crippen LogP contribution in [0.25, 0.3) is 22.0 Å². The summed E-state index contributed by atoms with van der Waals surface area (Å²) in [5, 5.41) is 7.89. The Bertz CT molecular complexity index is 1520. The van der Waals surface area contributed by atoms with Crippen LogP contribution in [0.2, 0.25) is 0 Å². The average molecular weight is 580 g/mol. The molecule has 1 N–H and O–H groups in total. The molecule has 0 radical (unpaired) electrons. The first-order valence-electron chi connectivity index (χ1n) is 11.4. The van der Waals surface area contributed by atoms with Gasteiger partial charge in [-0.1, -0.05) is 12.1 Å². The molecule has 4 aromatic rings. The van der Waals surface area contributed by atoms with E-state index in [1.807, 2.05) is 25.1 Å². The average Bonchev–Trinajstić information content (AvgIpc) is 3.50. The van der Waals surface area contributed by atoms with Gasteiger partial charge in [-0.2, -0.15) is 5.10 Å². The lowest BCUT2D eigenvalue weighted by atomic mass is 10.0. The van der Waals surface area contributed by atoms with Crippen molar-refractivity contribution in [1.82, 2.24) is 29.6 Å². The maximum absolute atomic E-state index is 13.3. The first kappa shape index (κ1) is 25.0. The molecule has 12 heteroatoms. The van der Waals surface area contributed by atoms with Gasteiger partial charge in [-0.3, -0.25) is 19.1 Å². The number of Topliss-reactive ketones (excluding diaryl/α,β-unsaturated/α-hetero) is 1. The molecule has 0 aliphatic carbocycles. The third-order valence-corrected chi connectivity index (χ3v) is 7.41. The van der Waals surface area contributed by atoms with Crippen LogP contribution in [0.1, 0.15) is 23.2 Å². The van der Waals surface area contributed by atoms with E-state index in [4.69, 9.17) is 0 Å². The van der Waals surface area contributed by atoms with Gasteiger partial charge in [-0.15, -0.1) is 11.8 Å². The predicted molar refractivity (Wildman–Crippen MR) is 144 cm³/mol. The molecular weight excluding hydrogens is 558 g/mol. The molecule has 0 unspecified atom stereocenters. The van der Waals surface area contributed by atoms with Crippen molar-refractivity contribution in [3.05, 3.63) is 64.9 Å². The number of amides is 2. The summed E-state index contributed by atoms with van der Waals surface area (Å²) in [5.74, 6) is 1.17. The Kier molecular flexibility index (Phi) is 7.02. The highest BCUT2D eigenvalue weighted by Gasteiger charge is 2.35. The third-order valence-electron chi connectivity index (χ3n) is 5.95. The quantitative estimate of drug-likeness (QED) is 0.271. The highest BCUT2D eigenvalue weighted by Crippen LogP contribution is 2.28. The fourth-order valence-electron chi connectivity index (χ4n) is 4.09. The van der Waals surface area contributed by atoms with E-state index in [2.05, 4.69) is 41.3 Å². The SMILES string of the molecule is CC(=O)c1nn(CC(=O)N2CSC[C@H]2C(=O)Nc2cccc(Br)n2)c2ccc(-c3cnc(C)nc3)cc12. The summed E-state index contributed by atoms with van der Waals surface area (Å²) in [7, 11) is 0. The van der Waals surface area contributed by atoms with E-state index >= 15 is 0 Å². The Morgan fingerprint density at radius 1 is 1.14 bits per heavy atom. The molecule has 2 amide bonds. The van der Waals surface area contributed by atoms with Crippen LogP contribution in [0.4, 0.5) is 5.82 Å². The number of fused-ring (bicyclic) bond motifs is 1. The van der Waals surface area contributed by atoms with Gasteiger partial charge in [0, 0.05) is 36.0 Å². The number of halogens is 1. The number of pyridine rings is 1. The Morgan fingerprint density at radius 2 is 1.92 bits per heavy atom. The summed E-state index contributed by atoms with van der Waals surface area (Å²) < 4.78 is 2.13. The minimum absolute atomic E-state index is 0.101. The minimum Gasteiger partial charge on any atom is -0.319 e. The van der Waals surface area contributed by atoms with Crippen molar-refractivity contribution in [2.75, 3.05) is 16.9 Å². The van der Waals surface area contributed by atoms with Crippen LogP contribution in [0.3, 0.4) is 0 Å². The summed E-state index contributed by atoms with van der Waals surface area (Å²) in [6, 6.07) is 10.2. The van der Waals surface area contributed by atoms with Crippen molar-refractivity contribution in [2.45, 2.75) is 26.4 Å². The number of nitrogens with zero attached hydrogens (tertiary/aromatic N) is 6. The molecular formula is C25H22BrN7O3S. The maximum atomic E-state index is 13.3. The monoisotopic (exact) mass is 579 g/mol. The third kappa shape index (κ3) is 5.25. The number of hydrogen-bond donors (Lipinski definition) is 1. The number of aryl methyl sites for hydroxylation is 1. The van der Waals surface area contributed by atoms with E-state index in [0.717, 1.165) is 11.1 Å². The Balaban J connectivity index is 1.39. The largest absolute Gasteiger partial charge is 0.319 e. The van der Waals surface area contributed by atoms with E-state index in [1.165, 1.54) is 28.3 Å². The number of anilines is 1. The van der Waals surface area contributed by atoms with E-state index in [1.54, 1.807) is 30.6 Å². The van der Waals surface area contributed by atoms with Gasteiger partial charge in [0.05, 0.1) is 11.4 Å². The molecule has 0 saturated carbocycles. The van der Waals surface area contributed by atoms with Crippen molar-refractivity contribution in [2.24, 2.45) is 0 Å². The zero-order valence-corrected chi connectivity index (χ0v) is 22.4. The van der Waals surface area contributed by atoms with Crippen LogP contribution in [0.5, 0.6) is 0 Å². The summed E-state index contributed by atoms with van der Waals surface area (Å²) in [6.07, 6.45) is 3.45. The topological polar surface area (TPSA) is 123 Å². The van der Waals surface area contributed by atoms with Crippen molar-refractivity contribution in [3.8, 4) is 11.1 Å². The number of rotatable bonds is 6. The van der Waals surface area contributed by atoms with Crippen molar-refractivity contribution >= 4 is 62.0 Å². The zero-order valence-electron chi connectivity index (χ0n) is 20.0. The number of carbonyl (C=O) groups excluding carboxylic acids is 3. The molecule has 1 fully saturated rings. The fraction of sp³-hybridized carbons (Fsp3) is 0.240. The van der Waals surface area contributed by atoms with Gasteiger partial charge in [0.1, 0.15) is 34.5 Å². The molecule has 1 atom stereocenters.